The number of nitrogens with zero attached hydrogens (tertiary/aromatic N) is 5. The van der Waals surface area contributed by atoms with Crippen molar-refractivity contribution in [2.75, 3.05) is 31.6 Å². The normalized spacial score (nSPS) is 15.1. The fraction of sp³-hybridized carbons (Fsp3) is 0.370. The minimum Gasteiger partial charge on any atom is -0.491 e. The van der Waals surface area contributed by atoms with Gasteiger partial charge in [-0.15, -0.1) is 0 Å². The number of ether oxygens (including phenoxy) is 1. The molecule has 3 aromatic rings. The third kappa shape index (κ3) is 5.81. The quantitative estimate of drug-likeness (QED) is 0.289. The molecule has 41 heavy (non-hydrogen) atoms. The van der Waals surface area contributed by atoms with Crippen LogP contribution < -0.4 is 15.8 Å². The average Bonchev–Trinajstić information content (AvgIpc) is 3.59. The third-order valence-corrected chi connectivity index (χ3v) is 7.05. The van der Waals surface area contributed by atoms with Gasteiger partial charge in [0.2, 0.25) is 17.8 Å². The van der Waals surface area contributed by atoms with Crippen LogP contribution in [0.4, 0.5) is 5.95 Å². The van der Waals surface area contributed by atoms with Gasteiger partial charge in [0, 0.05) is 50.3 Å². The van der Waals surface area contributed by atoms with Crippen LogP contribution in [0.1, 0.15) is 46.3 Å². The van der Waals surface area contributed by atoms with Gasteiger partial charge in [0.1, 0.15) is 17.0 Å². The predicted octanol–water partition coefficient (Wildman–Crippen LogP) is 0.981. The summed E-state index contributed by atoms with van der Waals surface area (Å²) in [6.07, 6.45) is 3.12. The predicted molar refractivity (Wildman–Crippen MR) is 146 cm³/mol. The number of H-pyrrole nitrogens is 1. The van der Waals surface area contributed by atoms with Crippen molar-refractivity contribution in [3.05, 3.63) is 47.3 Å². The number of hydrogen-bond donors (Lipinski definition) is 3. The number of hydrogen-bond acceptors (Lipinski definition) is 8. The van der Waals surface area contributed by atoms with E-state index < -0.39 is 17.7 Å². The molecule has 5 amide bonds. The van der Waals surface area contributed by atoms with E-state index in [4.69, 9.17) is 10.5 Å². The van der Waals surface area contributed by atoms with Crippen molar-refractivity contribution < 1.29 is 28.7 Å². The highest BCUT2D eigenvalue weighted by Crippen LogP contribution is 2.29. The lowest BCUT2D eigenvalue weighted by molar-refractivity contribution is -0.140. The molecule has 214 valence electrons. The second-order valence-corrected chi connectivity index (χ2v) is 9.97. The van der Waals surface area contributed by atoms with Gasteiger partial charge in [-0.05, 0) is 44.4 Å². The molecular formula is C27H30N8O6. The first-order chi connectivity index (χ1) is 19.6. The van der Waals surface area contributed by atoms with Crippen LogP contribution in [0.3, 0.4) is 0 Å². The molecule has 0 atom stereocenters. The Morgan fingerprint density at radius 3 is 2.56 bits per heavy atom. The van der Waals surface area contributed by atoms with E-state index >= 15 is 0 Å². The van der Waals surface area contributed by atoms with Crippen molar-refractivity contribution in [3.63, 3.8) is 0 Å². The standard InChI is InChI=1S/C27H30N8O6/c1-3-35-19(10-15(2)32-35)26(40)31-27-29-18-11-17(25(28)39)12-20(24(18)30-27)41-9-7-16-13-33(14-16)21(36)6-8-34-22(37)4-5-23(34)38/h4-5,10-12,16H,3,6-9,13-14H2,1-2H3,(H2,28,39)(H2,29,30,31,40). The number of carbonyl (C=O) groups is 5. The summed E-state index contributed by atoms with van der Waals surface area (Å²) in [5.74, 6) is -1.21. The van der Waals surface area contributed by atoms with Gasteiger partial charge in [-0.1, -0.05) is 0 Å². The van der Waals surface area contributed by atoms with Crippen molar-refractivity contribution >= 4 is 46.5 Å². The molecule has 1 saturated heterocycles. The first kappa shape index (κ1) is 27.6. The number of primary amides is 1. The van der Waals surface area contributed by atoms with E-state index in [9.17, 15) is 24.0 Å². The number of nitrogens with two attached hydrogens (primary N) is 1. The zero-order valence-electron chi connectivity index (χ0n) is 22.7. The van der Waals surface area contributed by atoms with Gasteiger partial charge in [0.15, 0.2) is 0 Å². The highest BCUT2D eigenvalue weighted by atomic mass is 16.5. The van der Waals surface area contributed by atoms with Gasteiger partial charge in [-0.25, -0.2) is 4.98 Å². The first-order valence-electron chi connectivity index (χ1n) is 13.3. The molecule has 2 aliphatic heterocycles. The van der Waals surface area contributed by atoms with Crippen LogP contribution >= 0.6 is 0 Å². The fourth-order valence-corrected chi connectivity index (χ4v) is 4.85. The number of aromatic amines is 1. The van der Waals surface area contributed by atoms with E-state index in [0.717, 1.165) is 10.6 Å². The molecule has 0 aliphatic carbocycles. The highest BCUT2D eigenvalue weighted by molar-refractivity contribution is 6.13. The van der Waals surface area contributed by atoms with Gasteiger partial charge < -0.3 is 20.4 Å². The maximum absolute atomic E-state index is 12.8. The number of imide groups is 1. The smallest absolute Gasteiger partial charge is 0.276 e. The van der Waals surface area contributed by atoms with Crippen LogP contribution in [0, 0.1) is 12.8 Å². The number of benzene rings is 1. The molecule has 0 unspecified atom stereocenters. The molecule has 4 N–H and O–H groups in total. The van der Waals surface area contributed by atoms with E-state index in [1.54, 1.807) is 28.6 Å². The van der Waals surface area contributed by atoms with Crippen LogP contribution in [-0.2, 0) is 20.9 Å². The van der Waals surface area contributed by atoms with E-state index in [0.29, 0.717) is 55.1 Å². The topological polar surface area (TPSA) is 186 Å². The molecule has 0 saturated carbocycles. The number of imidazole rings is 1. The van der Waals surface area contributed by atoms with Crippen molar-refractivity contribution in [3.8, 4) is 5.75 Å². The summed E-state index contributed by atoms with van der Waals surface area (Å²) in [6, 6.07) is 4.74. The highest BCUT2D eigenvalue weighted by Gasteiger charge is 2.32. The zero-order valence-corrected chi connectivity index (χ0v) is 22.7. The number of amides is 5. The Bertz CT molecular complexity index is 1560. The summed E-state index contributed by atoms with van der Waals surface area (Å²) in [4.78, 5) is 70.7. The summed E-state index contributed by atoms with van der Waals surface area (Å²) in [5, 5.41) is 7.02. The molecule has 14 heteroatoms. The van der Waals surface area contributed by atoms with Crippen LogP contribution in [0.2, 0.25) is 0 Å². The van der Waals surface area contributed by atoms with Gasteiger partial charge in [0.25, 0.3) is 17.7 Å². The number of likely N-dealkylation sites (tertiary alicyclic amines) is 1. The second-order valence-electron chi connectivity index (χ2n) is 9.97. The molecule has 0 bridgehead atoms. The molecule has 0 radical (unpaired) electrons. The lowest BCUT2D eigenvalue weighted by Crippen LogP contribution is -2.51. The minimum atomic E-state index is -0.638. The average molecular weight is 563 g/mol. The Morgan fingerprint density at radius 2 is 1.88 bits per heavy atom. The van der Waals surface area contributed by atoms with Crippen LogP contribution in [0.25, 0.3) is 11.0 Å². The summed E-state index contributed by atoms with van der Waals surface area (Å²) in [6.45, 7) is 5.68. The fourth-order valence-electron chi connectivity index (χ4n) is 4.85. The Hall–Kier alpha value is -5.01. The Morgan fingerprint density at radius 1 is 1.15 bits per heavy atom. The number of aryl methyl sites for hydroxylation is 2. The van der Waals surface area contributed by atoms with Crippen molar-refractivity contribution in [2.24, 2.45) is 11.7 Å². The van der Waals surface area contributed by atoms with Gasteiger partial charge >= 0.3 is 0 Å². The molecule has 1 fully saturated rings. The lowest BCUT2D eigenvalue weighted by atomic mass is 9.96. The SMILES string of the molecule is CCn1nc(C)cc1C(=O)Nc1nc2c(OCCC3CN(C(=O)CCN4C(=O)C=CC4=O)C3)cc(C(N)=O)cc2[nH]1. The van der Waals surface area contributed by atoms with E-state index in [1.807, 2.05) is 6.92 Å². The van der Waals surface area contributed by atoms with E-state index in [2.05, 4.69) is 20.4 Å². The Kier molecular flexibility index (Phi) is 7.55. The number of nitrogens with one attached hydrogen (secondary N) is 2. The monoisotopic (exact) mass is 562 g/mol. The number of anilines is 1. The molecular weight excluding hydrogens is 532 g/mol. The summed E-state index contributed by atoms with van der Waals surface area (Å²) in [5.41, 5.74) is 7.74. The van der Waals surface area contributed by atoms with Crippen molar-refractivity contribution in [1.82, 2.24) is 29.5 Å². The van der Waals surface area contributed by atoms with Crippen LogP contribution in [0.5, 0.6) is 5.75 Å². The van der Waals surface area contributed by atoms with Gasteiger partial charge in [-0.2, -0.15) is 5.10 Å². The molecule has 5 rings (SSSR count). The molecule has 2 aliphatic rings. The van der Waals surface area contributed by atoms with E-state index in [-0.39, 0.29) is 42.2 Å². The molecule has 0 spiro atoms. The maximum atomic E-state index is 12.8. The van der Waals surface area contributed by atoms with E-state index in [1.165, 1.54) is 18.2 Å². The number of fused-ring (bicyclic) bond motifs is 1. The Labute approximate surface area is 234 Å². The number of rotatable bonds is 11. The molecule has 2 aromatic heterocycles. The molecule has 1 aromatic carbocycles. The lowest BCUT2D eigenvalue weighted by Gasteiger charge is -2.39. The third-order valence-electron chi connectivity index (χ3n) is 7.05. The maximum Gasteiger partial charge on any atom is 0.276 e. The van der Waals surface area contributed by atoms with Crippen molar-refractivity contribution in [1.29, 1.82) is 0 Å². The van der Waals surface area contributed by atoms with Crippen molar-refractivity contribution in [2.45, 2.75) is 33.2 Å². The molecule has 14 nitrogen and oxygen atoms in total. The zero-order chi connectivity index (χ0) is 29.3. The van der Waals surface area contributed by atoms with Gasteiger partial charge in [0.05, 0.1) is 17.8 Å². The number of aromatic nitrogens is 4. The second kappa shape index (κ2) is 11.2. The largest absolute Gasteiger partial charge is 0.491 e. The first-order valence-corrected chi connectivity index (χ1v) is 13.3. The van der Waals surface area contributed by atoms with Crippen LogP contribution in [-0.4, -0.2) is 85.3 Å². The summed E-state index contributed by atoms with van der Waals surface area (Å²) < 4.78 is 7.58. The molecule has 4 heterocycles. The Balaban J connectivity index is 1.17. The minimum absolute atomic E-state index is 0.0635. The van der Waals surface area contributed by atoms with Gasteiger partial charge in [-0.3, -0.25) is 38.9 Å². The summed E-state index contributed by atoms with van der Waals surface area (Å²) >= 11 is 0. The number of carbonyl (C=O) groups excluding carboxylic acids is 5. The summed E-state index contributed by atoms with van der Waals surface area (Å²) in [7, 11) is 0. The van der Waals surface area contributed by atoms with Crippen LogP contribution in [0.15, 0.2) is 30.4 Å².